The van der Waals surface area contributed by atoms with E-state index in [4.69, 9.17) is 4.42 Å². The molecule has 2 aromatic carbocycles. The summed E-state index contributed by atoms with van der Waals surface area (Å²) < 4.78 is 5.63. The van der Waals surface area contributed by atoms with E-state index in [1.54, 1.807) is 6.26 Å². The Labute approximate surface area is 153 Å². The van der Waals surface area contributed by atoms with Gasteiger partial charge in [0.05, 0.1) is 6.26 Å². The lowest BCUT2D eigenvalue weighted by Crippen LogP contribution is -2.87. The average Bonchev–Trinajstić information content (AvgIpc) is 3.23. The van der Waals surface area contributed by atoms with E-state index in [0.29, 0.717) is 6.54 Å². The molecule has 1 amide bonds. The second kappa shape index (κ2) is 7.58. The minimum Gasteiger partial charge on any atom is -0.463 e. The van der Waals surface area contributed by atoms with E-state index >= 15 is 0 Å². The number of benzene rings is 2. The number of aryl methyl sites for hydroxylation is 1. The summed E-state index contributed by atoms with van der Waals surface area (Å²) in [6.45, 7) is 1.18. The molecule has 0 aliphatic carbocycles. The first kappa shape index (κ1) is 16.6. The molecule has 2 heterocycles. The number of furan rings is 1. The van der Waals surface area contributed by atoms with Crippen LogP contribution in [-0.2, 0) is 11.2 Å². The number of carbonyl (C=O) groups is 1. The van der Waals surface area contributed by atoms with Crippen LogP contribution in [0.3, 0.4) is 0 Å². The Bertz CT molecular complexity index is 859. The summed E-state index contributed by atoms with van der Waals surface area (Å²) in [5.74, 6) is 1.01. The van der Waals surface area contributed by atoms with Crippen molar-refractivity contribution in [3.8, 4) is 0 Å². The summed E-state index contributed by atoms with van der Waals surface area (Å²) in [4.78, 5) is 14.9. The van der Waals surface area contributed by atoms with Crippen molar-refractivity contribution in [2.45, 2.75) is 18.9 Å². The maximum atomic E-state index is 12.9. The summed E-state index contributed by atoms with van der Waals surface area (Å²) in [6, 6.07) is 22.2. The molecular formula is C22H23N2O2+. The van der Waals surface area contributed by atoms with E-state index in [0.717, 1.165) is 36.4 Å². The van der Waals surface area contributed by atoms with E-state index < -0.39 is 0 Å². The minimum atomic E-state index is -0.0183. The first-order chi connectivity index (χ1) is 12.8. The summed E-state index contributed by atoms with van der Waals surface area (Å²) in [7, 11) is 0. The van der Waals surface area contributed by atoms with Gasteiger partial charge in [-0.25, -0.2) is 0 Å². The molecule has 3 aromatic rings. The number of anilines is 1. The molecule has 0 radical (unpaired) electrons. The predicted molar refractivity (Wildman–Crippen MR) is 101 cm³/mol. The number of nitrogens with two attached hydrogens (primary N) is 1. The smallest absolute Gasteiger partial charge is 0.282 e. The molecule has 4 nitrogen and oxygen atoms in total. The number of quaternary nitrogens is 1. The fourth-order valence-electron chi connectivity index (χ4n) is 3.67. The zero-order chi connectivity index (χ0) is 17.8. The van der Waals surface area contributed by atoms with Crippen LogP contribution in [0, 0.1) is 0 Å². The number of para-hydroxylation sites is 1. The van der Waals surface area contributed by atoms with Crippen LogP contribution < -0.4 is 10.2 Å². The first-order valence-electron chi connectivity index (χ1n) is 9.13. The SMILES string of the molecule is O=C(C[NH2+][C@H](c1ccccc1)c1ccco1)N1CCCc2ccccc21. The summed E-state index contributed by atoms with van der Waals surface area (Å²) in [5.41, 5.74) is 3.46. The lowest BCUT2D eigenvalue weighted by Gasteiger charge is -2.29. The van der Waals surface area contributed by atoms with Gasteiger partial charge in [-0.3, -0.25) is 4.79 Å². The van der Waals surface area contributed by atoms with Crippen LogP contribution in [0.5, 0.6) is 0 Å². The number of fused-ring (bicyclic) bond motifs is 1. The van der Waals surface area contributed by atoms with Crippen molar-refractivity contribution >= 4 is 11.6 Å². The van der Waals surface area contributed by atoms with Crippen LogP contribution in [0.15, 0.2) is 77.4 Å². The highest BCUT2D eigenvalue weighted by Crippen LogP contribution is 2.26. The molecule has 0 saturated heterocycles. The molecule has 4 rings (SSSR count). The topological polar surface area (TPSA) is 50.1 Å². The van der Waals surface area contributed by atoms with Crippen LogP contribution in [0.1, 0.15) is 29.3 Å². The van der Waals surface area contributed by atoms with Crippen LogP contribution in [-0.4, -0.2) is 19.0 Å². The maximum absolute atomic E-state index is 12.9. The molecule has 0 unspecified atom stereocenters. The first-order valence-corrected chi connectivity index (χ1v) is 9.13. The Morgan fingerprint density at radius 3 is 2.65 bits per heavy atom. The van der Waals surface area contributed by atoms with Crippen molar-refractivity contribution in [2.24, 2.45) is 0 Å². The summed E-state index contributed by atoms with van der Waals surface area (Å²) in [6.07, 6.45) is 3.74. The molecule has 4 heteroatoms. The standard InChI is InChI=1S/C22H22N2O2/c25-21(24-14-6-11-17-8-4-5-12-19(17)24)16-23-22(20-13-7-15-26-20)18-9-2-1-3-10-18/h1-5,7-10,12-13,15,22-23H,6,11,14,16H2/p+1/t22-/m1/s1. The lowest BCUT2D eigenvalue weighted by molar-refractivity contribution is -0.678. The Balaban J connectivity index is 1.51. The minimum absolute atomic E-state index is 0.0183. The van der Waals surface area contributed by atoms with Gasteiger partial charge in [0, 0.05) is 17.8 Å². The summed E-state index contributed by atoms with van der Waals surface area (Å²) in [5, 5.41) is 2.06. The predicted octanol–water partition coefficient (Wildman–Crippen LogP) is 2.91. The highest BCUT2D eigenvalue weighted by Gasteiger charge is 2.26. The molecule has 0 spiro atoms. The molecule has 132 valence electrons. The molecule has 0 saturated carbocycles. The highest BCUT2D eigenvalue weighted by atomic mass is 16.3. The van der Waals surface area contributed by atoms with Crippen molar-refractivity contribution in [3.63, 3.8) is 0 Å². The molecule has 0 fully saturated rings. The van der Waals surface area contributed by atoms with Gasteiger partial charge in [0.25, 0.3) is 5.91 Å². The van der Waals surface area contributed by atoms with Gasteiger partial charge in [0.1, 0.15) is 0 Å². The zero-order valence-corrected chi connectivity index (χ0v) is 14.7. The van der Waals surface area contributed by atoms with Crippen molar-refractivity contribution < 1.29 is 14.5 Å². The van der Waals surface area contributed by atoms with Crippen LogP contribution in [0.4, 0.5) is 5.69 Å². The van der Waals surface area contributed by atoms with Crippen LogP contribution in [0.25, 0.3) is 0 Å². The van der Waals surface area contributed by atoms with Gasteiger partial charge in [-0.2, -0.15) is 0 Å². The second-order valence-electron chi connectivity index (χ2n) is 6.62. The van der Waals surface area contributed by atoms with Gasteiger partial charge in [-0.05, 0) is 36.6 Å². The molecule has 26 heavy (non-hydrogen) atoms. The van der Waals surface area contributed by atoms with E-state index in [9.17, 15) is 4.79 Å². The third-order valence-electron chi connectivity index (χ3n) is 4.95. The number of amides is 1. The van der Waals surface area contributed by atoms with Gasteiger partial charge >= 0.3 is 0 Å². The van der Waals surface area contributed by atoms with E-state index in [2.05, 4.69) is 23.5 Å². The van der Waals surface area contributed by atoms with Crippen molar-refractivity contribution in [2.75, 3.05) is 18.0 Å². The maximum Gasteiger partial charge on any atom is 0.282 e. The normalized spacial score (nSPS) is 14.7. The third kappa shape index (κ3) is 3.41. The fourth-order valence-corrected chi connectivity index (χ4v) is 3.67. The van der Waals surface area contributed by atoms with Crippen LogP contribution >= 0.6 is 0 Å². The van der Waals surface area contributed by atoms with E-state index in [1.165, 1.54) is 5.56 Å². The summed E-state index contributed by atoms with van der Waals surface area (Å²) >= 11 is 0. The highest BCUT2D eigenvalue weighted by molar-refractivity contribution is 5.95. The molecule has 1 aliphatic heterocycles. The molecule has 1 aliphatic rings. The average molecular weight is 347 g/mol. The van der Waals surface area contributed by atoms with Crippen molar-refractivity contribution in [1.29, 1.82) is 0 Å². The van der Waals surface area contributed by atoms with Gasteiger partial charge in [0.2, 0.25) is 0 Å². The van der Waals surface area contributed by atoms with Gasteiger partial charge < -0.3 is 14.6 Å². The second-order valence-corrected chi connectivity index (χ2v) is 6.62. The molecule has 1 aromatic heterocycles. The molecule has 0 bridgehead atoms. The van der Waals surface area contributed by atoms with Crippen molar-refractivity contribution in [3.05, 3.63) is 89.9 Å². The monoisotopic (exact) mass is 347 g/mol. The molecule has 1 atom stereocenters. The quantitative estimate of drug-likeness (QED) is 0.771. The van der Waals surface area contributed by atoms with E-state index in [1.807, 2.05) is 53.4 Å². The van der Waals surface area contributed by atoms with Crippen molar-refractivity contribution in [1.82, 2.24) is 0 Å². The van der Waals surface area contributed by atoms with E-state index in [-0.39, 0.29) is 11.9 Å². The number of rotatable bonds is 5. The number of nitrogens with zero attached hydrogens (tertiary/aromatic N) is 1. The number of hydrogen-bond acceptors (Lipinski definition) is 2. The zero-order valence-electron chi connectivity index (χ0n) is 14.7. The van der Waals surface area contributed by atoms with Gasteiger partial charge in [-0.1, -0.05) is 48.5 Å². The number of hydrogen-bond donors (Lipinski definition) is 1. The Morgan fingerprint density at radius 2 is 1.85 bits per heavy atom. The molecule has 2 N–H and O–H groups in total. The Kier molecular flexibility index (Phi) is 4.84. The molecular weight excluding hydrogens is 324 g/mol. The third-order valence-corrected chi connectivity index (χ3v) is 4.95. The number of carbonyl (C=O) groups excluding carboxylic acids is 1. The van der Waals surface area contributed by atoms with Gasteiger partial charge in [-0.15, -0.1) is 0 Å². The Hall–Kier alpha value is -2.85. The lowest BCUT2D eigenvalue weighted by atomic mass is 10.0. The fraction of sp³-hybridized carbons (Fsp3) is 0.227. The largest absolute Gasteiger partial charge is 0.463 e. The van der Waals surface area contributed by atoms with Gasteiger partial charge in [0.15, 0.2) is 18.3 Å². The Morgan fingerprint density at radius 1 is 1.04 bits per heavy atom. The van der Waals surface area contributed by atoms with Crippen LogP contribution in [0.2, 0.25) is 0 Å².